The third kappa shape index (κ3) is 2.91. The predicted octanol–water partition coefficient (Wildman–Crippen LogP) is 3.56. The Balaban J connectivity index is 1.22. The van der Waals surface area contributed by atoms with E-state index < -0.39 is 0 Å². The summed E-state index contributed by atoms with van der Waals surface area (Å²) >= 11 is 10.6. The topological polar surface area (TPSA) is 30.5 Å². The normalized spacial score (nSPS) is 43.0. The molecule has 0 saturated heterocycles. The molecule has 21 heavy (non-hydrogen) atoms. The van der Waals surface area contributed by atoms with Crippen LogP contribution in [0.3, 0.4) is 0 Å². The Hall–Kier alpha value is -0.420. The first-order valence-corrected chi connectivity index (χ1v) is 9.17. The molecule has 4 rings (SSSR count). The van der Waals surface area contributed by atoms with Gasteiger partial charge in [-0.05, 0) is 99.5 Å². The molecule has 116 valence electrons. The lowest BCUT2D eigenvalue weighted by Crippen LogP contribution is -2.38. The van der Waals surface area contributed by atoms with Gasteiger partial charge in [0.15, 0.2) is 0 Å². The van der Waals surface area contributed by atoms with Crippen LogP contribution >= 0.6 is 24.4 Å². The molecule has 4 bridgehead atoms. The molecule has 6 atom stereocenters. The second-order valence-corrected chi connectivity index (χ2v) is 8.10. The lowest BCUT2D eigenvalue weighted by Gasteiger charge is -2.26. The molecular formula is C16H23NO2S2. The van der Waals surface area contributed by atoms with E-state index >= 15 is 0 Å². The van der Waals surface area contributed by atoms with E-state index in [1.165, 1.54) is 38.5 Å². The van der Waals surface area contributed by atoms with Crippen molar-refractivity contribution in [3.05, 3.63) is 0 Å². The molecule has 1 N–H and O–H groups in total. The molecule has 5 heteroatoms. The second kappa shape index (κ2) is 5.65. The van der Waals surface area contributed by atoms with Crippen LogP contribution in [0.1, 0.15) is 51.4 Å². The summed E-state index contributed by atoms with van der Waals surface area (Å²) < 4.78 is 11.8. The molecule has 0 spiro atoms. The summed E-state index contributed by atoms with van der Waals surface area (Å²) in [5, 5.41) is 3.78. The second-order valence-electron chi connectivity index (χ2n) is 7.36. The van der Waals surface area contributed by atoms with Crippen LogP contribution in [-0.2, 0) is 9.47 Å². The molecule has 0 aromatic heterocycles. The summed E-state index contributed by atoms with van der Waals surface area (Å²) in [6, 6.07) is 0. The average Bonchev–Trinajstić information content (AvgIpc) is 3.18. The van der Waals surface area contributed by atoms with E-state index in [-0.39, 0.29) is 0 Å². The summed E-state index contributed by atoms with van der Waals surface area (Å²) in [6.07, 6.45) is 10.9. The largest absolute Gasteiger partial charge is 0.467 e. The number of thiocarbonyl (C=S) groups is 2. The minimum Gasteiger partial charge on any atom is -0.467 e. The lowest BCUT2D eigenvalue weighted by atomic mass is 9.98. The molecule has 4 fully saturated rings. The summed E-state index contributed by atoms with van der Waals surface area (Å²) in [5.74, 6) is 3.13. The zero-order valence-corrected chi connectivity index (χ0v) is 13.9. The first kappa shape index (κ1) is 14.2. The van der Waals surface area contributed by atoms with Gasteiger partial charge in [0.05, 0.1) is 0 Å². The first-order valence-electron chi connectivity index (χ1n) is 8.35. The van der Waals surface area contributed by atoms with Crippen molar-refractivity contribution in [3.63, 3.8) is 0 Å². The molecule has 3 nitrogen and oxygen atoms in total. The van der Waals surface area contributed by atoms with Crippen molar-refractivity contribution in [2.75, 3.05) is 0 Å². The van der Waals surface area contributed by atoms with E-state index in [2.05, 4.69) is 5.32 Å². The molecule has 0 radical (unpaired) electrons. The molecule has 0 aliphatic heterocycles. The third-order valence-corrected chi connectivity index (χ3v) is 6.46. The first-order chi connectivity index (χ1) is 10.2. The van der Waals surface area contributed by atoms with Crippen LogP contribution in [0.5, 0.6) is 0 Å². The Morgan fingerprint density at radius 3 is 1.52 bits per heavy atom. The van der Waals surface area contributed by atoms with E-state index in [4.69, 9.17) is 33.9 Å². The van der Waals surface area contributed by atoms with E-state index in [0.717, 1.165) is 24.7 Å². The molecular weight excluding hydrogens is 302 g/mol. The number of nitrogens with one attached hydrogen (secondary N) is 1. The van der Waals surface area contributed by atoms with E-state index in [0.29, 0.717) is 34.4 Å². The smallest absolute Gasteiger partial charge is 0.264 e. The molecule has 0 amide bonds. The Kier molecular flexibility index (Phi) is 3.82. The van der Waals surface area contributed by atoms with Crippen molar-refractivity contribution in [2.24, 2.45) is 23.7 Å². The van der Waals surface area contributed by atoms with E-state index in [9.17, 15) is 0 Å². The van der Waals surface area contributed by atoms with Crippen molar-refractivity contribution >= 4 is 34.8 Å². The maximum Gasteiger partial charge on any atom is 0.264 e. The minimum absolute atomic E-state index is 0.300. The predicted molar refractivity (Wildman–Crippen MR) is 89.0 cm³/mol. The molecule has 0 aromatic rings. The minimum atomic E-state index is 0.300. The molecule has 0 heterocycles. The summed E-state index contributed by atoms with van der Waals surface area (Å²) in [4.78, 5) is 0. The van der Waals surface area contributed by atoms with Crippen LogP contribution in [-0.4, -0.2) is 22.6 Å². The van der Waals surface area contributed by atoms with Gasteiger partial charge in [-0.3, -0.25) is 5.32 Å². The van der Waals surface area contributed by atoms with Crippen LogP contribution < -0.4 is 5.32 Å². The van der Waals surface area contributed by atoms with Gasteiger partial charge in [0.2, 0.25) is 0 Å². The quantitative estimate of drug-likeness (QED) is 0.785. The van der Waals surface area contributed by atoms with Gasteiger partial charge in [-0.2, -0.15) is 0 Å². The van der Waals surface area contributed by atoms with Gasteiger partial charge in [-0.25, -0.2) is 0 Å². The summed E-state index contributed by atoms with van der Waals surface area (Å²) in [7, 11) is 0. The van der Waals surface area contributed by atoms with Gasteiger partial charge in [0.25, 0.3) is 10.3 Å². The van der Waals surface area contributed by atoms with Gasteiger partial charge in [0.1, 0.15) is 12.2 Å². The highest BCUT2D eigenvalue weighted by Gasteiger charge is 2.42. The van der Waals surface area contributed by atoms with Crippen LogP contribution in [0.2, 0.25) is 0 Å². The molecule has 4 aliphatic carbocycles. The van der Waals surface area contributed by atoms with Crippen LogP contribution in [0, 0.1) is 23.7 Å². The SMILES string of the molecule is S=C(NC(=S)OC1CC2CCC1C2)OC1CC2CCC1C2. The zero-order chi connectivity index (χ0) is 14.4. The fourth-order valence-corrected chi connectivity index (χ4v) is 5.58. The average molecular weight is 325 g/mol. The maximum atomic E-state index is 5.90. The zero-order valence-electron chi connectivity index (χ0n) is 12.3. The highest BCUT2D eigenvalue weighted by atomic mass is 32.1. The number of fused-ring (bicyclic) bond motifs is 4. The Bertz CT molecular complexity index is 416. The van der Waals surface area contributed by atoms with Gasteiger partial charge in [-0.1, -0.05) is 0 Å². The maximum absolute atomic E-state index is 5.90. The Morgan fingerprint density at radius 2 is 1.19 bits per heavy atom. The van der Waals surface area contributed by atoms with Crippen LogP contribution in [0.25, 0.3) is 0 Å². The van der Waals surface area contributed by atoms with E-state index in [1.54, 1.807) is 0 Å². The van der Waals surface area contributed by atoms with E-state index in [1.807, 2.05) is 0 Å². The van der Waals surface area contributed by atoms with Crippen molar-refractivity contribution < 1.29 is 9.47 Å². The molecule has 4 saturated carbocycles. The fraction of sp³-hybridized carbons (Fsp3) is 0.875. The monoisotopic (exact) mass is 325 g/mol. The molecule has 0 aromatic carbocycles. The van der Waals surface area contributed by atoms with Crippen molar-refractivity contribution in [2.45, 2.75) is 63.6 Å². The Labute approximate surface area is 137 Å². The van der Waals surface area contributed by atoms with Crippen LogP contribution in [0.15, 0.2) is 0 Å². The van der Waals surface area contributed by atoms with Gasteiger partial charge >= 0.3 is 0 Å². The van der Waals surface area contributed by atoms with Crippen LogP contribution in [0.4, 0.5) is 0 Å². The highest BCUT2D eigenvalue weighted by Crippen LogP contribution is 2.46. The highest BCUT2D eigenvalue weighted by molar-refractivity contribution is 7.81. The van der Waals surface area contributed by atoms with Gasteiger partial charge in [0, 0.05) is 0 Å². The fourth-order valence-electron chi connectivity index (χ4n) is 5.08. The van der Waals surface area contributed by atoms with Gasteiger partial charge < -0.3 is 9.47 Å². The molecule has 6 unspecified atom stereocenters. The Morgan fingerprint density at radius 1 is 0.714 bits per heavy atom. The van der Waals surface area contributed by atoms with Crippen molar-refractivity contribution in [1.29, 1.82) is 0 Å². The standard InChI is InChI=1S/C16H23NO2S2/c20-15(18-13-7-9-1-3-11(13)5-9)17-16(21)19-14-8-10-2-4-12(14)6-10/h9-14H,1-8H2,(H,17,20,21). The number of ether oxygens (including phenoxy) is 2. The summed E-state index contributed by atoms with van der Waals surface area (Å²) in [6.45, 7) is 0. The van der Waals surface area contributed by atoms with Gasteiger partial charge in [-0.15, -0.1) is 0 Å². The summed E-state index contributed by atoms with van der Waals surface area (Å²) in [5.41, 5.74) is 0. The third-order valence-electron chi connectivity index (χ3n) is 6.07. The molecule has 4 aliphatic rings. The van der Waals surface area contributed by atoms with Crippen molar-refractivity contribution in [1.82, 2.24) is 5.32 Å². The number of hydrogen-bond donors (Lipinski definition) is 1. The number of hydrogen-bond acceptors (Lipinski definition) is 4. The number of rotatable bonds is 2. The van der Waals surface area contributed by atoms with Crippen molar-refractivity contribution in [3.8, 4) is 0 Å². The lowest BCUT2D eigenvalue weighted by molar-refractivity contribution is 0.115.